The third-order valence-corrected chi connectivity index (χ3v) is 4.40. The Morgan fingerprint density at radius 1 is 1.30 bits per heavy atom. The van der Waals surface area contributed by atoms with Crippen LogP contribution >= 0.6 is 0 Å². The molecule has 1 rings (SSSR count). The Kier molecular flexibility index (Phi) is 6.38. The zero-order valence-electron chi connectivity index (χ0n) is 11.8. The van der Waals surface area contributed by atoms with E-state index in [2.05, 4.69) is 4.72 Å². The van der Waals surface area contributed by atoms with E-state index in [9.17, 15) is 12.8 Å². The molecule has 7 heteroatoms. The molecule has 0 radical (unpaired) electrons. The van der Waals surface area contributed by atoms with Crippen molar-refractivity contribution in [1.29, 1.82) is 0 Å². The van der Waals surface area contributed by atoms with Crippen molar-refractivity contribution >= 4 is 15.7 Å². The maximum absolute atomic E-state index is 13.7. The largest absolute Gasteiger partial charge is 0.398 e. The minimum atomic E-state index is -3.86. The molecule has 1 aromatic carbocycles. The molecule has 0 atom stereocenters. The van der Waals surface area contributed by atoms with Crippen LogP contribution in [0.25, 0.3) is 0 Å². The highest BCUT2D eigenvalue weighted by Gasteiger charge is 2.19. The van der Waals surface area contributed by atoms with Crippen LogP contribution in [0.1, 0.15) is 24.8 Å². The zero-order chi connectivity index (χ0) is 15.2. The molecular weight excluding hydrogens is 283 g/mol. The fourth-order valence-electron chi connectivity index (χ4n) is 1.71. The van der Waals surface area contributed by atoms with Crippen LogP contribution in [0.15, 0.2) is 17.0 Å². The highest BCUT2D eigenvalue weighted by molar-refractivity contribution is 7.89. The maximum Gasteiger partial charge on any atom is 0.243 e. The molecular formula is C13H21FN2O3S. The summed E-state index contributed by atoms with van der Waals surface area (Å²) in [6, 6.07) is 2.28. The fourth-order valence-corrected chi connectivity index (χ4v) is 2.87. The van der Waals surface area contributed by atoms with Gasteiger partial charge in [-0.2, -0.15) is 0 Å². The highest BCUT2D eigenvalue weighted by atomic mass is 32.2. The SMILES string of the molecule is COCCCCCNS(=O)(=O)c1cc(N)c(C)cc1F. The van der Waals surface area contributed by atoms with E-state index in [4.69, 9.17) is 10.5 Å². The molecule has 0 spiro atoms. The fraction of sp³-hybridized carbons (Fsp3) is 0.538. The van der Waals surface area contributed by atoms with Gasteiger partial charge < -0.3 is 10.5 Å². The first-order valence-electron chi connectivity index (χ1n) is 6.42. The first-order chi connectivity index (χ1) is 9.38. The number of sulfonamides is 1. The first kappa shape index (κ1) is 16.9. The highest BCUT2D eigenvalue weighted by Crippen LogP contribution is 2.21. The topological polar surface area (TPSA) is 81.4 Å². The maximum atomic E-state index is 13.7. The number of nitrogens with two attached hydrogens (primary N) is 1. The molecule has 114 valence electrons. The number of nitrogens with one attached hydrogen (secondary N) is 1. The van der Waals surface area contributed by atoms with Crippen molar-refractivity contribution in [2.75, 3.05) is 26.0 Å². The molecule has 3 N–H and O–H groups in total. The van der Waals surface area contributed by atoms with E-state index in [-0.39, 0.29) is 12.2 Å². The Morgan fingerprint density at radius 3 is 2.65 bits per heavy atom. The Balaban J connectivity index is 2.63. The minimum absolute atomic E-state index is 0.256. The minimum Gasteiger partial charge on any atom is -0.398 e. The van der Waals surface area contributed by atoms with E-state index in [0.29, 0.717) is 18.6 Å². The lowest BCUT2D eigenvalue weighted by Crippen LogP contribution is -2.26. The van der Waals surface area contributed by atoms with Gasteiger partial charge in [-0.25, -0.2) is 17.5 Å². The van der Waals surface area contributed by atoms with Gasteiger partial charge in [-0.1, -0.05) is 0 Å². The van der Waals surface area contributed by atoms with Gasteiger partial charge in [-0.3, -0.25) is 0 Å². The second-order valence-electron chi connectivity index (χ2n) is 4.59. The molecule has 0 aromatic heterocycles. The number of rotatable bonds is 8. The monoisotopic (exact) mass is 304 g/mol. The molecule has 1 aromatic rings. The van der Waals surface area contributed by atoms with Crippen molar-refractivity contribution in [2.24, 2.45) is 0 Å². The van der Waals surface area contributed by atoms with Crippen LogP contribution in [0, 0.1) is 12.7 Å². The summed E-state index contributed by atoms with van der Waals surface area (Å²) >= 11 is 0. The smallest absolute Gasteiger partial charge is 0.243 e. The number of hydrogen-bond acceptors (Lipinski definition) is 4. The summed E-state index contributed by atoms with van der Waals surface area (Å²) in [5, 5.41) is 0. The van der Waals surface area contributed by atoms with Gasteiger partial charge in [0.2, 0.25) is 10.0 Å². The van der Waals surface area contributed by atoms with Gasteiger partial charge in [-0.05, 0) is 43.9 Å². The molecule has 0 heterocycles. The Morgan fingerprint density at radius 2 is 2.00 bits per heavy atom. The number of aryl methyl sites for hydroxylation is 1. The van der Waals surface area contributed by atoms with Gasteiger partial charge in [0, 0.05) is 25.9 Å². The molecule has 0 aliphatic heterocycles. The van der Waals surface area contributed by atoms with Crippen molar-refractivity contribution in [3.63, 3.8) is 0 Å². The van der Waals surface area contributed by atoms with Crippen molar-refractivity contribution in [2.45, 2.75) is 31.1 Å². The Bertz CT molecular complexity index is 547. The summed E-state index contributed by atoms with van der Waals surface area (Å²) < 4.78 is 44.9. The zero-order valence-corrected chi connectivity index (χ0v) is 12.6. The average Bonchev–Trinajstić information content (AvgIpc) is 2.37. The van der Waals surface area contributed by atoms with Crippen LogP contribution in [-0.2, 0) is 14.8 Å². The number of nitrogen functional groups attached to an aromatic ring is 1. The van der Waals surface area contributed by atoms with Crippen LogP contribution in [0.3, 0.4) is 0 Å². The van der Waals surface area contributed by atoms with Crippen molar-refractivity contribution in [1.82, 2.24) is 4.72 Å². The quantitative estimate of drug-likeness (QED) is 0.567. The number of hydrogen-bond donors (Lipinski definition) is 2. The number of anilines is 1. The van der Waals surface area contributed by atoms with Gasteiger partial charge in [0.15, 0.2) is 0 Å². The second-order valence-corrected chi connectivity index (χ2v) is 6.33. The lowest BCUT2D eigenvalue weighted by molar-refractivity contribution is 0.192. The molecule has 0 unspecified atom stereocenters. The average molecular weight is 304 g/mol. The lowest BCUT2D eigenvalue weighted by Gasteiger charge is -2.09. The van der Waals surface area contributed by atoms with E-state index < -0.39 is 20.7 Å². The van der Waals surface area contributed by atoms with Gasteiger partial charge in [0.1, 0.15) is 10.7 Å². The Hall–Kier alpha value is -1.18. The molecule has 5 nitrogen and oxygen atoms in total. The predicted octanol–water partition coefficient (Wildman–Crippen LogP) is 1.81. The second kappa shape index (κ2) is 7.56. The third kappa shape index (κ3) is 4.73. The first-order valence-corrected chi connectivity index (χ1v) is 7.91. The van der Waals surface area contributed by atoms with Crippen molar-refractivity contribution < 1.29 is 17.5 Å². The predicted molar refractivity (Wildman–Crippen MR) is 76.5 cm³/mol. The molecule has 0 amide bonds. The summed E-state index contributed by atoms with van der Waals surface area (Å²) in [4.78, 5) is -0.405. The third-order valence-electron chi connectivity index (χ3n) is 2.93. The molecule has 0 bridgehead atoms. The number of halogens is 1. The molecule has 0 fully saturated rings. The summed E-state index contributed by atoms with van der Waals surface area (Å²) in [6.45, 7) is 2.53. The van der Waals surface area contributed by atoms with Crippen molar-refractivity contribution in [3.05, 3.63) is 23.5 Å². The molecule has 20 heavy (non-hydrogen) atoms. The van der Waals surface area contributed by atoms with Crippen LogP contribution in [0.5, 0.6) is 0 Å². The van der Waals surface area contributed by atoms with Gasteiger partial charge in [0.25, 0.3) is 0 Å². The Labute approximate surface area is 119 Å². The van der Waals surface area contributed by atoms with Gasteiger partial charge in [0.05, 0.1) is 0 Å². The van der Waals surface area contributed by atoms with E-state index in [1.807, 2.05) is 0 Å². The molecule has 0 aliphatic carbocycles. The number of methoxy groups -OCH3 is 1. The summed E-state index contributed by atoms with van der Waals surface area (Å²) in [6.07, 6.45) is 2.38. The number of ether oxygens (including phenoxy) is 1. The van der Waals surface area contributed by atoms with Crippen LogP contribution in [0.4, 0.5) is 10.1 Å². The normalized spacial score (nSPS) is 11.8. The van der Waals surface area contributed by atoms with Gasteiger partial charge in [-0.15, -0.1) is 0 Å². The summed E-state index contributed by atoms with van der Waals surface area (Å²) in [5.41, 5.74) is 6.39. The van der Waals surface area contributed by atoms with Crippen LogP contribution in [-0.4, -0.2) is 28.7 Å². The molecule has 0 saturated carbocycles. The van der Waals surface area contributed by atoms with Crippen LogP contribution < -0.4 is 10.5 Å². The molecule has 0 aliphatic rings. The van der Waals surface area contributed by atoms with Gasteiger partial charge >= 0.3 is 0 Å². The number of unbranched alkanes of at least 4 members (excludes halogenated alkanes) is 2. The van der Waals surface area contributed by atoms with E-state index >= 15 is 0 Å². The molecule has 0 saturated heterocycles. The standard InChI is InChI=1S/C13H21FN2O3S/c1-10-8-11(14)13(9-12(10)15)20(17,18)16-6-4-3-5-7-19-2/h8-9,16H,3-7,15H2,1-2H3. The van der Waals surface area contributed by atoms with E-state index in [1.54, 1.807) is 14.0 Å². The summed E-state index contributed by atoms with van der Waals surface area (Å²) in [7, 11) is -2.24. The summed E-state index contributed by atoms with van der Waals surface area (Å²) in [5.74, 6) is -0.788. The van der Waals surface area contributed by atoms with E-state index in [0.717, 1.165) is 25.0 Å². The van der Waals surface area contributed by atoms with Crippen molar-refractivity contribution in [3.8, 4) is 0 Å². The van der Waals surface area contributed by atoms with E-state index in [1.165, 1.54) is 0 Å². The van der Waals surface area contributed by atoms with Crippen LogP contribution in [0.2, 0.25) is 0 Å². The number of benzene rings is 1. The lowest BCUT2D eigenvalue weighted by atomic mass is 10.2.